The molecule has 4 aromatic heterocycles. The predicted molar refractivity (Wildman–Crippen MR) is 172 cm³/mol. The van der Waals surface area contributed by atoms with Crippen molar-refractivity contribution in [1.29, 1.82) is 0 Å². The third-order valence-corrected chi connectivity index (χ3v) is 9.27. The van der Waals surface area contributed by atoms with Crippen molar-refractivity contribution in [2.45, 2.75) is 71.9 Å². The number of pyridine rings is 1. The van der Waals surface area contributed by atoms with E-state index in [-0.39, 0.29) is 18.7 Å². The molecule has 6 rings (SSSR count). The third-order valence-electron chi connectivity index (χ3n) is 8.04. The zero-order valence-electron chi connectivity index (χ0n) is 25.6. The Hall–Kier alpha value is -3.80. The van der Waals surface area contributed by atoms with Crippen LogP contribution in [0.4, 0.5) is 4.39 Å². The summed E-state index contributed by atoms with van der Waals surface area (Å²) >= 11 is 7.24. The molecule has 5 heterocycles. The van der Waals surface area contributed by atoms with E-state index in [0.29, 0.717) is 40.4 Å². The molecular formula is C33H36ClFN6O3S. The quantitative estimate of drug-likeness (QED) is 0.141. The van der Waals surface area contributed by atoms with Gasteiger partial charge >= 0.3 is 5.97 Å². The molecule has 0 aliphatic carbocycles. The van der Waals surface area contributed by atoms with Crippen LogP contribution in [-0.4, -0.2) is 54.1 Å². The van der Waals surface area contributed by atoms with E-state index in [2.05, 4.69) is 25.9 Å². The van der Waals surface area contributed by atoms with Crippen LogP contribution in [0.2, 0.25) is 5.02 Å². The molecule has 12 heteroatoms. The number of fused-ring (bicyclic) bond motifs is 1. The van der Waals surface area contributed by atoms with Crippen molar-refractivity contribution in [3.8, 4) is 5.88 Å². The Balaban J connectivity index is 1.14. The minimum absolute atomic E-state index is 0.0848. The van der Waals surface area contributed by atoms with Gasteiger partial charge in [0.25, 0.3) is 0 Å². The van der Waals surface area contributed by atoms with Crippen molar-refractivity contribution in [3.63, 3.8) is 0 Å². The van der Waals surface area contributed by atoms with Gasteiger partial charge in [-0.2, -0.15) is 0 Å². The zero-order chi connectivity index (χ0) is 31.5. The Morgan fingerprint density at radius 2 is 1.96 bits per heavy atom. The summed E-state index contributed by atoms with van der Waals surface area (Å²) in [6, 6.07) is 12.3. The lowest BCUT2D eigenvalue weighted by Crippen LogP contribution is -2.33. The number of piperidine rings is 1. The molecule has 0 bridgehead atoms. The number of nitrogens with zero attached hydrogens (tertiary/aromatic N) is 6. The minimum atomic E-state index is -0.392. The molecule has 1 aliphatic heterocycles. The number of ether oxygens (including phenoxy) is 2. The van der Waals surface area contributed by atoms with E-state index in [0.717, 1.165) is 60.0 Å². The van der Waals surface area contributed by atoms with Crippen LogP contribution >= 0.6 is 22.9 Å². The van der Waals surface area contributed by atoms with Gasteiger partial charge in [0.15, 0.2) is 0 Å². The van der Waals surface area contributed by atoms with E-state index >= 15 is 0 Å². The van der Waals surface area contributed by atoms with Crippen molar-refractivity contribution in [2.24, 2.45) is 0 Å². The summed E-state index contributed by atoms with van der Waals surface area (Å²) in [6.45, 7) is 9.81. The van der Waals surface area contributed by atoms with Gasteiger partial charge in [0, 0.05) is 41.0 Å². The van der Waals surface area contributed by atoms with E-state index in [1.54, 1.807) is 18.2 Å². The molecular weight excluding hydrogens is 615 g/mol. The molecule has 0 N–H and O–H groups in total. The van der Waals surface area contributed by atoms with E-state index < -0.39 is 5.82 Å². The molecule has 45 heavy (non-hydrogen) atoms. The summed E-state index contributed by atoms with van der Waals surface area (Å²) in [7, 11) is 0. The normalized spacial score (nSPS) is 14.4. The van der Waals surface area contributed by atoms with Gasteiger partial charge in [0.05, 0.1) is 36.7 Å². The van der Waals surface area contributed by atoms with Crippen LogP contribution in [0.25, 0.3) is 10.3 Å². The van der Waals surface area contributed by atoms with E-state index in [9.17, 15) is 9.18 Å². The molecule has 0 spiro atoms. The lowest BCUT2D eigenvalue weighted by Gasteiger charge is -2.31. The van der Waals surface area contributed by atoms with Gasteiger partial charge in [-0.05, 0) is 71.0 Å². The van der Waals surface area contributed by atoms with Gasteiger partial charge in [0.1, 0.15) is 28.0 Å². The summed E-state index contributed by atoms with van der Waals surface area (Å²) < 4.78 is 29.8. The van der Waals surface area contributed by atoms with E-state index in [1.165, 1.54) is 17.4 Å². The molecule has 9 nitrogen and oxygen atoms in total. The molecule has 5 aromatic rings. The number of esters is 1. The number of hydrogen-bond donors (Lipinski definition) is 0. The number of thiophene rings is 1. The lowest BCUT2D eigenvalue weighted by molar-refractivity contribution is 0.0384. The van der Waals surface area contributed by atoms with Crippen LogP contribution in [-0.2, 0) is 31.0 Å². The van der Waals surface area contributed by atoms with Crippen LogP contribution in [0, 0.1) is 5.82 Å². The molecule has 1 saturated heterocycles. The second kappa shape index (κ2) is 13.7. The fraction of sp³-hybridized carbons (Fsp3) is 0.394. The first-order valence-electron chi connectivity index (χ1n) is 15.2. The van der Waals surface area contributed by atoms with Crippen LogP contribution in [0.5, 0.6) is 5.88 Å². The number of carbonyl (C=O) groups excluding carboxylic acids is 1. The highest BCUT2D eigenvalue weighted by Gasteiger charge is 2.25. The Morgan fingerprint density at radius 3 is 2.71 bits per heavy atom. The predicted octanol–water partition coefficient (Wildman–Crippen LogP) is 7.07. The molecule has 236 valence electrons. The van der Waals surface area contributed by atoms with Gasteiger partial charge in [-0.15, -0.1) is 11.3 Å². The van der Waals surface area contributed by atoms with Crippen molar-refractivity contribution in [3.05, 3.63) is 93.5 Å². The number of imidazole rings is 2. The molecule has 0 unspecified atom stereocenters. The largest absolute Gasteiger partial charge is 0.473 e. The number of carbonyl (C=O) groups is 1. The van der Waals surface area contributed by atoms with Gasteiger partial charge in [0.2, 0.25) is 5.88 Å². The monoisotopic (exact) mass is 650 g/mol. The average molecular weight is 651 g/mol. The molecule has 1 fully saturated rings. The summed E-state index contributed by atoms with van der Waals surface area (Å²) in [6.07, 6.45) is 5.45. The van der Waals surface area contributed by atoms with Crippen LogP contribution in [0.1, 0.15) is 72.0 Å². The van der Waals surface area contributed by atoms with Crippen LogP contribution in [0.3, 0.4) is 0 Å². The second-order valence-corrected chi connectivity index (χ2v) is 13.0. The van der Waals surface area contributed by atoms with E-state index in [1.807, 2.05) is 44.6 Å². The first-order chi connectivity index (χ1) is 21.8. The van der Waals surface area contributed by atoms with Crippen molar-refractivity contribution >= 4 is 39.3 Å². The fourth-order valence-electron chi connectivity index (χ4n) is 5.67. The van der Waals surface area contributed by atoms with Crippen LogP contribution < -0.4 is 4.74 Å². The number of rotatable bonds is 11. The topological polar surface area (TPSA) is 87.3 Å². The average Bonchev–Trinajstić information content (AvgIpc) is 3.73. The summed E-state index contributed by atoms with van der Waals surface area (Å²) in [5.74, 6) is 1.03. The van der Waals surface area contributed by atoms with Crippen molar-refractivity contribution in [2.75, 3.05) is 13.1 Å². The number of aryl methyl sites for hydroxylation is 1. The van der Waals surface area contributed by atoms with Gasteiger partial charge < -0.3 is 18.6 Å². The summed E-state index contributed by atoms with van der Waals surface area (Å²) in [5.41, 5.74) is 3.44. The molecule has 1 aliphatic rings. The Bertz CT molecular complexity index is 1790. The number of likely N-dealkylation sites (tertiary alicyclic amines) is 1. The highest BCUT2D eigenvalue weighted by atomic mass is 35.5. The molecule has 0 amide bonds. The third kappa shape index (κ3) is 7.21. The van der Waals surface area contributed by atoms with Crippen molar-refractivity contribution < 1.29 is 18.7 Å². The summed E-state index contributed by atoms with van der Waals surface area (Å²) in [5, 5.41) is 0.355. The number of halogens is 2. The lowest BCUT2D eigenvalue weighted by atomic mass is 9.93. The van der Waals surface area contributed by atoms with Gasteiger partial charge in [-0.1, -0.05) is 23.7 Å². The zero-order valence-corrected chi connectivity index (χ0v) is 27.2. The second-order valence-electron chi connectivity index (χ2n) is 11.5. The first kappa shape index (κ1) is 31.2. The van der Waals surface area contributed by atoms with Crippen LogP contribution in [0.15, 0.2) is 55.0 Å². The highest BCUT2D eigenvalue weighted by molar-refractivity contribution is 7.20. The molecule has 0 saturated carbocycles. The van der Waals surface area contributed by atoms with E-state index in [4.69, 9.17) is 31.0 Å². The minimum Gasteiger partial charge on any atom is -0.473 e. The number of benzene rings is 1. The molecule has 0 atom stereocenters. The fourth-order valence-corrected chi connectivity index (χ4v) is 6.77. The maximum absolute atomic E-state index is 14.2. The Labute approximate surface area is 270 Å². The highest BCUT2D eigenvalue weighted by Crippen LogP contribution is 2.32. The number of hydrogen-bond acceptors (Lipinski definition) is 8. The van der Waals surface area contributed by atoms with Crippen molar-refractivity contribution in [1.82, 2.24) is 29.0 Å². The maximum Gasteiger partial charge on any atom is 0.348 e. The Morgan fingerprint density at radius 1 is 1.13 bits per heavy atom. The molecule has 1 aromatic carbocycles. The number of aromatic nitrogens is 5. The standard InChI is InChI=1S/C33H36ClFN6O3S/c1-4-40-20-36-16-25(40)17-41-28-15-29(33(42)44-21(2)3)45-32(28)38-30(41)18-39-12-10-22(11-13-39)27-6-5-7-31(37-27)43-19-23-8-9-24(34)14-26(23)35/h5-9,14-16,20-22H,4,10-13,17-19H2,1-3H3. The smallest absolute Gasteiger partial charge is 0.348 e. The Kier molecular flexibility index (Phi) is 9.48. The molecule has 0 radical (unpaired) electrons. The first-order valence-corrected chi connectivity index (χ1v) is 16.4. The van der Waals surface area contributed by atoms with Gasteiger partial charge in [-0.25, -0.2) is 24.1 Å². The summed E-state index contributed by atoms with van der Waals surface area (Å²) in [4.78, 5) is 30.6. The SMILES string of the molecule is CCn1cncc1Cn1c(CN2CCC(c3cccc(OCc4ccc(Cl)cc4F)n3)CC2)nc2sc(C(=O)OC(C)C)cc21. The maximum atomic E-state index is 14.2. The van der Waals surface area contributed by atoms with Gasteiger partial charge in [-0.3, -0.25) is 4.90 Å².